The number of rotatable bonds is 4. The summed E-state index contributed by atoms with van der Waals surface area (Å²) in [6.45, 7) is 4.96. The van der Waals surface area contributed by atoms with Gasteiger partial charge in [0.15, 0.2) is 0 Å². The van der Waals surface area contributed by atoms with Crippen LogP contribution in [0.2, 0.25) is 0 Å². The fraction of sp³-hybridized carbons (Fsp3) is 0.357. The first-order valence-corrected chi connectivity index (χ1v) is 5.82. The van der Waals surface area contributed by atoms with Crippen LogP contribution in [0.4, 0.5) is 0 Å². The Labute approximate surface area is 101 Å². The molecule has 90 valence electrons. The van der Waals surface area contributed by atoms with Crippen molar-refractivity contribution in [2.75, 3.05) is 0 Å². The molecule has 0 fully saturated rings. The Kier molecular flexibility index (Phi) is 3.03. The molecule has 2 N–H and O–H groups in total. The van der Waals surface area contributed by atoms with Crippen LogP contribution in [-0.4, -0.2) is 16.4 Å². The van der Waals surface area contributed by atoms with E-state index < -0.39 is 0 Å². The van der Waals surface area contributed by atoms with Gasteiger partial charge in [-0.25, -0.2) is 0 Å². The van der Waals surface area contributed by atoms with Gasteiger partial charge in [0.05, 0.1) is 0 Å². The highest BCUT2D eigenvalue weighted by atomic mass is 16.1. The molecule has 0 spiro atoms. The molecule has 1 aromatic carbocycles. The van der Waals surface area contributed by atoms with Crippen LogP contribution in [0.1, 0.15) is 30.6 Å². The third-order valence-corrected chi connectivity index (χ3v) is 2.93. The van der Waals surface area contributed by atoms with Gasteiger partial charge in [-0.3, -0.25) is 4.79 Å². The van der Waals surface area contributed by atoms with Gasteiger partial charge in [0.1, 0.15) is 6.29 Å². The van der Waals surface area contributed by atoms with E-state index >= 15 is 0 Å². The van der Waals surface area contributed by atoms with Gasteiger partial charge in [0, 0.05) is 34.7 Å². The second-order valence-corrected chi connectivity index (χ2v) is 5.18. The molecule has 0 radical (unpaired) electrons. The van der Waals surface area contributed by atoms with E-state index in [1.165, 1.54) is 0 Å². The minimum absolute atomic E-state index is 0.153. The summed E-state index contributed by atoms with van der Waals surface area (Å²) in [6, 6.07) is 7.78. The summed E-state index contributed by atoms with van der Waals surface area (Å²) >= 11 is 0. The number of hydrogen-bond acceptors (Lipinski definition) is 2. The molecule has 0 aliphatic heterocycles. The highest BCUT2D eigenvalue weighted by Crippen LogP contribution is 2.18. The molecule has 3 heteroatoms. The van der Waals surface area contributed by atoms with Crippen LogP contribution in [0, 0.1) is 0 Å². The van der Waals surface area contributed by atoms with Crippen LogP contribution >= 0.6 is 0 Å². The number of aldehydes is 1. The third-order valence-electron chi connectivity index (χ3n) is 2.93. The smallest absolute Gasteiger partial charge is 0.150 e. The van der Waals surface area contributed by atoms with E-state index in [0.29, 0.717) is 0 Å². The largest absolute Gasteiger partial charge is 0.347 e. The van der Waals surface area contributed by atoms with Gasteiger partial charge in [-0.05, 0) is 44.5 Å². The first-order valence-electron chi connectivity index (χ1n) is 5.82. The van der Waals surface area contributed by atoms with Gasteiger partial charge < -0.3 is 10.3 Å². The Bertz CT molecular complexity index is 535. The SMILES string of the molecule is CC(C)(N)CCn1ccc2cc(C=O)ccc21. The normalized spacial score (nSPS) is 11.9. The zero-order valence-corrected chi connectivity index (χ0v) is 10.3. The van der Waals surface area contributed by atoms with Crippen LogP contribution in [0.15, 0.2) is 30.5 Å². The molecule has 1 heterocycles. The Morgan fingerprint density at radius 2 is 2.12 bits per heavy atom. The van der Waals surface area contributed by atoms with Crippen LogP contribution in [0.5, 0.6) is 0 Å². The van der Waals surface area contributed by atoms with Gasteiger partial charge in [-0.2, -0.15) is 0 Å². The van der Waals surface area contributed by atoms with Crippen molar-refractivity contribution in [1.82, 2.24) is 4.57 Å². The van der Waals surface area contributed by atoms with Crippen molar-refractivity contribution < 1.29 is 4.79 Å². The second kappa shape index (κ2) is 4.34. The highest BCUT2D eigenvalue weighted by Gasteiger charge is 2.11. The number of aryl methyl sites for hydroxylation is 1. The van der Waals surface area contributed by atoms with Crippen molar-refractivity contribution in [2.45, 2.75) is 32.4 Å². The number of nitrogens with two attached hydrogens (primary N) is 1. The Hall–Kier alpha value is -1.61. The van der Waals surface area contributed by atoms with Gasteiger partial charge in [0.2, 0.25) is 0 Å². The number of benzene rings is 1. The highest BCUT2D eigenvalue weighted by molar-refractivity contribution is 5.87. The van der Waals surface area contributed by atoms with Crippen molar-refractivity contribution in [3.05, 3.63) is 36.0 Å². The van der Waals surface area contributed by atoms with Gasteiger partial charge in [0.25, 0.3) is 0 Å². The minimum Gasteiger partial charge on any atom is -0.347 e. The predicted octanol–water partition coefficient (Wildman–Crippen LogP) is 2.58. The van der Waals surface area contributed by atoms with Gasteiger partial charge >= 0.3 is 0 Å². The fourth-order valence-electron chi connectivity index (χ4n) is 1.90. The molecule has 1 aromatic heterocycles. The molecule has 0 saturated carbocycles. The molecule has 0 aliphatic carbocycles. The van der Waals surface area contributed by atoms with E-state index in [1.807, 2.05) is 44.3 Å². The summed E-state index contributed by atoms with van der Waals surface area (Å²) in [5.74, 6) is 0. The molecular formula is C14H18N2O. The third kappa shape index (κ3) is 2.74. The van der Waals surface area contributed by atoms with E-state index in [0.717, 1.165) is 35.7 Å². The molecule has 0 amide bonds. The lowest BCUT2D eigenvalue weighted by molar-refractivity contribution is 0.112. The van der Waals surface area contributed by atoms with Crippen molar-refractivity contribution in [3.63, 3.8) is 0 Å². The summed E-state index contributed by atoms with van der Waals surface area (Å²) < 4.78 is 2.18. The monoisotopic (exact) mass is 230 g/mol. The van der Waals surface area contributed by atoms with Crippen molar-refractivity contribution in [3.8, 4) is 0 Å². The lowest BCUT2D eigenvalue weighted by Crippen LogP contribution is -2.33. The lowest BCUT2D eigenvalue weighted by Gasteiger charge is -2.18. The number of aromatic nitrogens is 1. The number of carbonyl (C=O) groups excluding carboxylic acids is 1. The Morgan fingerprint density at radius 1 is 1.35 bits per heavy atom. The number of nitrogens with zero attached hydrogens (tertiary/aromatic N) is 1. The maximum Gasteiger partial charge on any atom is 0.150 e. The molecule has 0 bridgehead atoms. The first kappa shape index (κ1) is 11.9. The zero-order chi connectivity index (χ0) is 12.5. The zero-order valence-electron chi connectivity index (χ0n) is 10.3. The average Bonchev–Trinajstić information content (AvgIpc) is 2.67. The number of carbonyl (C=O) groups is 1. The Balaban J connectivity index is 2.27. The van der Waals surface area contributed by atoms with Crippen LogP contribution < -0.4 is 5.73 Å². The van der Waals surface area contributed by atoms with E-state index in [4.69, 9.17) is 5.73 Å². The van der Waals surface area contributed by atoms with E-state index in [1.54, 1.807) is 0 Å². The molecule has 17 heavy (non-hydrogen) atoms. The van der Waals surface area contributed by atoms with Crippen molar-refractivity contribution in [1.29, 1.82) is 0 Å². The van der Waals surface area contributed by atoms with Crippen LogP contribution in [0.25, 0.3) is 10.9 Å². The molecule has 0 atom stereocenters. The summed E-state index contributed by atoms with van der Waals surface area (Å²) in [5.41, 5.74) is 7.70. The number of hydrogen-bond donors (Lipinski definition) is 1. The molecule has 0 aliphatic rings. The molecule has 2 aromatic rings. The van der Waals surface area contributed by atoms with Gasteiger partial charge in [-0.1, -0.05) is 0 Å². The van der Waals surface area contributed by atoms with Crippen molar-refractivity contribution in [2.24, 2.45) is 5.73 Å². The van der Waals surface area contributed by atoms with Gasteiger partial charge in [-0.15, -0.1) is 0 Å². The lowest BCUT2D eigenvalue weighted by atomic mass is 10.0. The van der Waals surface area contributed by atoms with Crippen LogP contribution in [0.3, 0.4) is 0 Å². The van der Waals surface area contributed by atoms with Crippen molar-refractivity contribution >= 4 is 17.2 Å². The summed E-state index contributed by atoms with van der Waals surface area (Å²) in [5, 5.41) is 1.10. The van der Waals surface area contributed by atoms with E-state index in [9.17, 15) is 4.79 Å². The average molecular weight is 230 g/mol. The van der Waals surface area contributed by atoms with E-state index in [2.05, 4.69) is 4.57 Å². The second-order valence-electron chi connectivity index (χ2n) is 5.18. The predicted molar refractivity (Wildman–Crippen MR) is 70.2 cm³/mol. The topological polar surface area (TPSA) is 48.0 Å². The molecule has 2 rings (SSSR count). The molecular weight excluding hydrogens is 212 g/mol. The molecule has 3 nitrogen and oxygen atoms in total. The quantitative estimate of drug-likeness (QED) is 0.821. The number of fused-ring (bicyclic) bond motifs is 1. The fourth-order valence-corrected chi connectivity index (χ4v) is 1.90. The summed E-state index contributed by atoms with van der Waals surface area (Å²) in [6.07, 6.45) is 3.84. The minimum atomic E-state index is -0.153. The Morgan fingerprint density at radius 3 is 2.76 bits per heavy atom. The molecule has 0 unspecified atom stereocenters. The molecule has 0 saturated heterocycles. The standard InChI is InChI=1S/C14H18N2O/c1-14(2,15)6-8-16-7-5-12-9-11(10-17)3-4-13(12)16/h3-5,7,9-10H,6,8,15H2,1-2H3. The van der Waals surface area contributed by atoms with E-state index in [-0.39, 0.29) is 5.54 Å². The maximum atomic E-state index is 10.7. The summed E-state index contributed by atoms with van der Waals surface area (Å²) in [7, 11) is 0. The summed E-state index contributed by atoms with van der Waals surface area (Å²) in [4.78, 5) is 10.7. The maximum absolute atomic E-state index is 10.7. The van der Waals surface area contributed by atoms with Crippen LogP contribution in [-0.2, 0) is 6.54 Å². The first-order chi connectivity index (χ1) is 7.99.